The van der Waals surface area contributed by atoms with E-state index >= 15 is 0 Å². The van der Waals surface area contributed by atoms with Crippen LogP contribution < -0.4 is 0 Å². The van der Waals surface area contributed by atoms with Gasteiger partial charge in [0.1, 0.15) is 0 Å². The zero-order valence-electron chi connectivity index (χ0n) is 1.43. The average Bonchev–Trinajstić information content (AvgIpc) is 1.00. The number of hydrogen-bond donors (Lipinski definition) is 0. The first-order chi connectivity index (χ1) is 1.00. The third kappa shape index (κ3) is 10.7. The first-order valence-electron chi connectivity index (χ1n) is 0.167. The molecule has 1 nitrogen and oxygen atoms in total. The molecule has 0 aromatic heterocycles. The first-order valence-corrected chi connectivity index (χ1v) is 0.500. The van der Waals surface area contributed by atoms with Crippen LogP contribution in [0.4, 0.5) is 0 Å². The Kier molecular flexibility index (Phi) is 141. The zero-order chi connectivity index (χ0) is 2.00. The van der Waals surface area contributed by atoms with E-state index in [9.17, 15) is 0 Å². The molecule has 0 saturated carbocycles. The second-order valence-corrected chi connectivity index (χ2v) is 0. The Morgan fingerprint density at radius 1 is 1.25 bits per heavy atom. The van der Waals surface area contributed by atoms with E-state index < -0.39 is 0 Å². The van der Waals surface area contributed by atoms with Crippen molar-refractivity contribution in [1.82, 2.24) is 0 Å². The maximum Gasteiger partial charge on any atom is 0.197 e. The van der Waals surface area contributed by atoms with Gasteiger partial charge in [-0.15, -0.1) is 0 Å². The minimum atomic E-state index is 0. The Balaban J connectivity index is -0.00000000500. The van der Waals surface area contributed by atoms with E-state index in [2.05, 4.69) is 12.5 Å². The molecule has 0 aliphatic carbocycles. The first kappa shape index (κ1) is 18.9. The quantitative estimate of drug-likeness (QED) is 0.517. The van der Waals surface area contributed by atoms with Crippen LogP contribution in [0.25, 0.3) is 0 Å². The van der Waals surface area contributed by atoms with Crippen molar-refractivity contribution in [2.24, 2.45) is 0 Å². The molecule has 4 heteroatoms. The van der Waals surface area contributed by atoms with Crippen LogP contribution in [-0.4, -0.2) is 4.21 Å². The maximum atomic E-state index is 7.83. The van der Waals surface area contributed by atoms with Crippen LogP contribution in [0.3, 0.4) is 0 Å². The molecule has 0 N–H and O–H groups in total. The SMILES string of the molecule is O=S.[Cu].[Pd]. The summed E-state index contributed by atoms with van der Waals surface area (Å²) in [7, 11) is 0. The van der Waals surface area contributed by atoms with Gasteiger partial charge in [0.2, 0.25) is 0 Å². The van der Waals surface area contributed by atoms with Gasteiger partial charge >= 0.3 is 0 Å². The van der Waals surface area contributed by atoms with Crippen LogP contribution in [0.5, 0.6) is 0 Å². The summed E-state index contributed by atoms with van der Waals surface area (Å²) in [4.78, 5) is 0. The Morgan fingerprint density at radius 3 is 1.25 bits per heavy atom. The van der Waals surface area contributed by atoms with Gasteiger partial charge in [0, 0.05) is 37.5 Å². The van der Waals surface area contributed by atoms with Crippen LogP contribution in [-0.2, 0) is 50.0 Å². The summed E-state index contributed by atoms with van der Waals surface area (Å²) >= 11 is 2.83. The molecule has 0 heterocycles. The Bertz CT molecular complexity index is 8.00. The predicted molar refractivity (Wildman–Crippen MR) is 8.14 cm³/mol. The van der Waals surface area contributed by atoms with Crippen LogP contribution >= 0.6 is 0 Å². The van der Waals surface area contributed by atoms with Gasteiger partial charge in [0.25, 0.3) is 0 Å². The molecule has 33 valence electrons. The molecular weight excluding hydrogens is 218 g/mol. The maximum absolute atomic E-state index is 7.83. The number of hydrogen-bond acceptors (Lipinski definition) is 2. The third-order valence-electron chi connectivity index (χ3n) is 0. The standard InChI is InChI=1S/Cu.OS.Pd/c;1-2;. The summed E-state index contributed by atoms with van der Waals surface area (Å²) in [5.41, 5.74) is 0. The largest absolute Gasteiger partial charge is 0.197 e. The molecule has 0 unspecified atom stereocenters. The predicted octanol–water partition coefficient (Wildman–Crippen LogP) is -0.341. The van der Waals surface area contributed by atoms with Gasteiger partial charge in [-0.2, -0.15) is 4.21 Å². The topological polar surface area (TPSA) is 17.1 Å². The molecule has 0 fully saturated rings. The average molecular weight is 218 g/mol. The van der Waals surface area contributed by atoms with E-state index in [1.165, 1.54) is 0 Å². The molecule has 0 bridgehead atoms. The van der Waals surface area contributed by atoms with E-state index in [1.807, 2.05) is 0 Å². The van der Waals surface area contributed by atoms with Crippen molar-refractivity contribution in [2.75, 3.05) is 0 Å². The van der Waals surface area contributed by atoms with E-state index in [4.69, 9.17) is 4.21 Å². The van der Waals surface area contributed by atoms with E-state index in [0.29, 0.717) is 0 Å². The number of rotatable bonds is 0. The van der Waals surface area contributed by atoms with Crippen molar-refractivity contribution in [2.45, 2.75) is 0 Å². The molecule has 0 spiro atoms. The molecular formula is CuOPdS. The van der Waals surface area contributed by atoms with E-state index in [0.717, 1.165) is 0 Å². The van der Waals surface area contributed by atoms with Crippen LogP contribution in [0.2, 0.25) is 0 Å². The molecule has 0 aliphatic heterocycles. The van der Waals surface area contributed by atoms with Gasteiger partial charge in [-0.1, -0.05) is 0 Å². The fourth-order valence-electron chi connectivity index (χ4n) is 0. The molecule has 0 amide bonds. The molecule has 0 atom stereocenters. The van der Waals surface area contributed by atoms with Gasteiger partial charge in [-0.25, -0.2) is 0 Å². The summed E-state index contributed by atoms with van der Waals surface area (Å²) in [6.07, 6.45) is 0. The summed E-state index contributed by atoms with van der Waals surface area (Å²) in [5, 5.41) is 0. The van der Waals surface area contributed by atoms with E-state index in [-0.39, 0.29) is 37.5 Å². The molecule has 1 radical (unpaired) electrons. The second kappa shape index (κ2) is 29.8. The van der Waals surface area contributed by atoms with Crippen molar-refractivity contribution in [1.29, 1.82) is 0 Å². The van der Waals surface area contributed by atoms with Gasteiger partial charge < -0.3 is 0 Å². The molecule has 4 heavy (non-hydrogen) atoms. The normalized spacial score (nSPS) is 1.00. The summed E-state index contributed by atoms with van der Waals surface area (Å²) in [6.45, 7) is 0. The summed E-state index contributed by atoms with van der Waals surface area (Å²) < 4.78 is 7.83. The fraction of sp³-hybridized carbons (Fsp3) is 0. The molecule has 0 rings (SSSR count). The second-order valence-electron chi connectivity index (χ2n) is 0. The Labute approximate surface area is 54.2 Å². The van der Waals surface area contributed by atoms with Crippen molar-refractivity contribution in [3.63, 3.8) is 0 Å². The zero-order valence-corrected chi connectivity index (χ0v) is 4.75. The summed E-state index contributed by atoms with van der Waals surface area (Å²) in [6, 6.07) is 0. The van der Waals surface area contributed by atoms with Crippen molar-refractivity contribution in [3.05, 3.63) is 0 Å². The Hall–Kier alpha value is 1.20. The Morgan fingerprint density at radius 2 is 1.25 bits per heavy atom. The molecule has 0 aromatic rings. The monoisotopic (exact) mass is 217 g/mol. The minimum Gasteiger partial charge on any atom is -0.197 e. The third-order valence-corrected chi connectivity index (χ3v) is 0. The van der Waals surface area contributed by atoms with Gasteiger partial charge in [0.15, 0.2) is 12.5 Å². The smallest absolute Gasteiger partial charge is 0.197 e. The van der Waals surface area contributed by atoms with Crippen molar-refractivity contribution in [3.8, 4) is 0 Å². The van der Waals surface area contributed by atoms with Crippen LogP contribution in [0.15, 0.2) is 0 Å². The molecule has 0 aromatic carbocycles. The fourth-order valence-corrected chi connectivity index (χ4v) is 0. The van der Waals surface area contributed by atoms with Crippen molar-refractivity contribution < 1.29 is 41.7 Å². The van der Waals surface area contributed by atoms with Gasteiger partial charge in [-0.3, -0.25) is 0 Å². The van der Waals surface area contributed by atoms with Gasteiger partial charge in [-0.05, 0) is 0 Å². The summed E-state index contributed by atoms with van der Waals surface area (Å²) in [5.74, 6) is 0. The molecule has 0 saturated heterocycles. The van der Waals surface area contributed by atoms with E-state index in [1.54, 1.807) is 0 Å². The van der Waals surface area contributed by atoms with Crippen LogP contribution in [0.1, 0.15) is 0 Å². The van der Waals surface area contributed by atoms with Crippen LogP contribution in [0, 0.1) is 0 Å². The minimum absolute atomic E-state index is 0. The van der Waals surface area contributed by atoms with Gasteiger partial charge in [0.05, 0.1) is 0 Å². The van der Waals surface area contributed by atoms with Crippen molar-refractivity contribution >= 4 is 12.5 Å². The molecule has 0 aliphatic rings.